The lowest BCUT2D eigenvalue weighted by atomic mass is 10.1. The van der Waals surface area contributed by atoms with E-state index in [9.17, 15) is 0 Å². The molecule has 0 saturated heterocycles. The highest BCUT2D eigenvalue weighted by Crippen LogP contribution is 2.34. The van der Waals surface area contributed by atoms with Crippen molar-refractivity contribution >= 4 is 5.82 Å². The molecule has 2 atom stereocenters. The summed E-state index contributed by atoms with van der Waals surface area (Å²) in [6, 6.07) is 12.3. The number of benzene rings is 1. The summed E-state index contributed by atoms with van der Waals surface area (Å²) in [7, 11) is 0. The minimum absolute atomic E-state index is 0.0521. The molecule has 1 aliphatic carbocycles. The molecule has 1 aromatic heterocycles. The fourth-order valence-electron chi connectivity index (χ4n) is 2.81. The van der Waals surface area contributed by atoms with Crippen LogP contribution in [0.5, 0.6) is 5.75 Å². The minimum atomic E-state index is 0.0521. The van der Waals surface area contributed by atoms with Gasteiger partial charge in [0.15, 0.2) is 11.6 Å². The largest absolute Gasteiger partial charge is 0.487 e. The summed E-state index contributed by atoms with van der Waals surface area (Å²) in [5.41, 5.74) is 8.86. The van der Waals surface area contributed by atoms with Crippen LogP contribution in [0, 0.1) is 0 Å². The minimum Gasteiger partial charge on any atom is -0.487 e. The van der Waals surface area contributed by atoms with Crippen molar-refractivity contribution in [1.29, 1.82) is 0 Å². The van der Waals surface area contributed by atoms with Crippen LogP contribution in [-0.2, 0) is 6.42 Å². The smallest absolute Gasteiger partial charge is 0.169 e. The highest BCUT2D eigenvalue weighted by molar-refractivity contribution is 5.53. The molecule has 21 heavy (non-hydrogen) atoms. The van der Waals surface area contributed by atoms with Crippen molar-refractivity contribution in [3.63, 3.8) is 0 Å². The Morgan fingerprint density at radius 3 is 2.86 bits per heavy atom. The summed E-state index contributed by atoms with van der Waals surface area (Å²) >= 11 is 0. The fraction of sp³-hybridized carbons (Fsp3) is 0.353. The second-order valence-electron chi connectivity index (χ2n) is 5.71. The molecule has 0 amide bonds. The van der Waals surface area contributed by atoms with E-state index in [1.54, 1.807) is 6.20 Å². The maximum absolute atomic E-state index is 6.30. The summed E-state index contributed by atoms with van der Waals surface area (Å²) < 4.78 is 5.81. The second kappa shape index (κ2) is 5.74. The summed E-state index contributed by atoms with van der Waals surface area (Å²) in [6.07, 6.45) is 2.77. The molecule has 1 aromatic carbocycles. The first-order valence-corrected chi connectivity index (χ1v) is 7.36. The summed E-state index contributed by atoms with van der Waals surface area (Å²) in [5.74, 6) is 1.52. The van der Waals surface area contributed by atoms with Crippen LogP contribution in [-0.4, -0.2) is 17.1 Å². The number of fused-ring (bicyclic) bond motifs is 1. The van der Waals surface area contributed by atoms with Crippen molar-refractivity contribution in [3.8, 4) is 5.75 Å². The van der Waals surface area contributed by atoms with Crippen molar-refractivity contribution in [2.45, 2.75) is 38.5 Å². The van der Waals surface area contributed by atoms with E-state index in [4.69, 9.17) is 10.5 Å². The Morgan fingerprint density at radius 1 is 1.24 bits per heavy atom. The number of aromatic nitrogens is 1. The molecule has 3 N–H and O–H groups in total. The predicted octanol–water partition coefficient (Wildman–Crippen LogP) is 2.91. The van der Waals surface area contributed by atoms with Crippen molar-refractivity contribution in [1.82, 2.24) is 4.98 Å². The van der Waals surface area contributed by atoms with Gasteiger partial charge in [0.25, 0.3) is 0 Å². The molecule has 0 aliphatic heterocycles. The topological polar surface area (TPSA) is 60.2 Å². The normalized spacial score (nSPS) is 20.4. The number of nitrogens with zero attached hydrogens (tertiary/aromatic N) is 1. The number of rotatable bonds is 4. The first-order chi connectivity index (χ1) is 10.1. The van der Waals surface area contributed by atoms with Crippen LogP contribution < -0.4 is 15.8 Å². The maximum atomic E-state index is 6.30. The summed E-state index contributed by atoms with van der Waals surface area (Å²) in [5, 5.41) is 3.46. The Bertz CT molecular complexity index is 627. The standard InChI is InChI=1S/C17H21N3O/c1-11(2)21-15-8-5-9-19-17(15)20-16-13-7-4-3-6-12(13)10-14(16)18/h3-9,11,14,16H,10,18H2,1-2H3,(H,19,20). The van der Waals surface area contributed by atoms with Gasteiger partial charge in [0, 0.05) is 12.2 Å². The van der Waals surface area contributed by atoms with Gasteiger partial charge >= 0.3 is 0 Å². The summed E-state index contributed by atoms with van der Waals surface area (Å²) in [4.78, 5) is 4.41. The van der Waals surface area contributed by atoms with Crippen molar-refractivity contribution in [2.75, 3.05) is 5.32 Å². The quantitative estimate of drug-likeness (QED) is 0.905. The van der Waals surface area contributed by atoms with Crippen LogP contribution in [0.15, 0.2) is 42.6 Å². The Kier molecular flexibility index (Phi) is 3.80. The van der Waals surface area contributed by atoms with Gasteiger partial charge in [-0.25, -0.2) is 4.98 Å². The van der Waals surface area contributed by atoms with Crippen LogP contribution in [0.1, 0.15) is 31.0 Å². The maximum Gasteiger partial charge on any atom is 0.169 e. The lowest BCUT2D eigenvalue weighted by molar-refractivity contribution is 0.242. The van der Waals surface area contributed by atoms with Gasteiger partial charge in [0.2, 0.25) is 0 Å². The van der Waals surface area contributed by atoms with Crippen molar-refractivity contribution < 1.29 is 4.74 Å². The van der Waals surface area contributed by atoms with Gasteiger partial charge < -0.3 is 15.8 Å². The molecule has 2 unspecified atom stereocenters. The van der Waals surface area contributed by atoms with Gasteiger partial charge in [0.1, 0.15) is 0 Å². The number of nitrogens with two attached hydrogens (primary N) is 1. The third kappa shape index (κ3) is 2.85. The zero-order chi connectivity index (χ0) is 14.8. The van der Waals surface area contributed by atoms with Gasteiger partial charge in [-0.2, -0.15) is 0 Å². The molecule has 4 nitrogen and oxygen atoms in total. The van der Waals surface area contributed by atoms with Crippen LogP contribution >= 0.6 is 0 Å². The van der Waals surface area contributed by atoms with Crippen LogP contribution in [0.25, 0.3) is 0 Å². The molecule has 0 saturated carbocycles. The monoisotopic (exact) mass is 283 g/mol. The number of anilines is 1. The Labute approximate surface area is 125 Å². The molecule has 3 rings (SSSR count). The van der Waals surface area contributed by atoms with Crippen LogP contribution in [0.4, 0.5) is 5.82 Å². The van der Waals surface area contributed by atoms with Crippen molar-refractivity contribution in [2.24, 2.45) is 5.73 Å². The zero-order valence-corrected chi connectivity index (χ0v) is 12.4. The number of hydrogen-bond acceptors (Lipinski definition) is 4. The molecule has 0 bridgehead atoms. The molecule has 0 fully saturated rings. The average molecular weight is 283 g/mol. The molecule has 1 aliphatic rings. The average Bonchev–Trinajstić information content (AvgIpc) is 2.77. The molecule has 4 heteroatoms. The number of nitrogens with one attached hydrogen (secondary N) is 1. The Hall–Kier alpha value is -2.07. The Balaban J connectivity index is 1.87. The lowest BCUT2D eigenvalue weighted by Crippen LogP contribution is -2.30. The summed E-state index contributed by atoms with van der Waals surface area (Å²) in [6.45, 7) is 4.01. The first-order valence-electron chi connectivity index (χ1n) is 7.36. The molecule has 1 heterocycles. The van der Waals surface area contributed by atoms with Crippen LogP contribution in [0.2, 0.25) is 0 Å². The number of hydrogen-bond donors (Lipinski definition) is 2. The molecular weight excluding hydrogens is 262 g/mol. The van der Waals surface area contributed by atoms with Gasteiger partial charge in [-0.3, -0.25) is 0 Å². The van der Waals surface area contributed by atoms with E-state index in [0.29, 0.717) is 0 Å². The highest BCUT2D eigenvalue weighted by Gasteiger charge is 2.30. The van der Waals surface area contributed by atoms with E-state index >= 15 is 0 Å². The van der Waals surface area contributed by atoms with Gasteiger partial charge in [-0.1, -0.05) is 24.3 Å². The molecule has 2 aromatic rings. The SMILES string of the molecule is CC(C)Oc1cccnc1NC1c2ccccc2CC1N. The highest BCUT2D eigenvalue weighted by atomic mass is 16.5. The molecular formula is C17H21N3O. The Morgan fingerprint density at radius 2 is 2.05 bits per heavy atom. The van der Waals surface area contributed by atoms with E-state index in [2.05, 4.69) is 34.6 Å². The third-order valence-corrected chi connectivity index (χ3v) is 3.70. The van der Waals surface area contributed by atoms with Crippen LogP contribution in [0.3, 0.4) is 0 Å². The molecule has 0 radical (unpaired) electrons. The zero-order valence-electron chi connectivity index (χ0n) is 12.4. The number of ether oxygens (including phenoxy) is 1. The number of pyridine rings is 1. The lowest BCUT2D eigenvalue weighted by Gasteiger charge is -2.21. The predicted molar refractivity (Wildman–Crippen MR) is 84.5 cm³/mol. The van der Waals surface area contributed by atoms with E-state index in [1.165, 1.54) is 11.1 Å². The van der Waals surface area contributed by atoms with Gasteiger partial charge in [-0.05, 0) is 43.5 Å². The third-order valence-electron chi connectivity index (χ3n) is 3.70. The van der Waals surface area contributed by atoms with E-state index < -0.39 is 0 Å². The van der Waals surface area contributed by atoms with E-state index in [-0.39, 0.29) is 18.2 Å². The second-order valence-corrected chi connectivity index (χ2v) is 5.71. The fourth-order valence-corrected chi connectivity index (χ4v) is 2.81. The van der Waals surface area contributed by atoms with Gasteiger partial charge in [-0.15, -0.1) is 0 Å². The first kappa shape index (κ1) is 13.9. The van der Waals surface area contributed by atoms with Crippen molar-refractivity contribution in [3.05, 3.63) is 53.7 Å². The molecule has 0 spiro atoms. The molecule has 110 valence electrons. The van der Waals surface area contributed by atoms with E-state index in [0.717, 1.165) is 18.0 Å². The van der Waals surface area contributed by atoms with Gasteiger partial charge in [0.05, 0.1) is 12.1 Å². The van der Waals surface area contributed by atoms with E-state index in [1.807, 2.05) is 26.0 Å².